The van der Waals surface area contributed by atoms with Crippen LogP contribution in [0.2, 0.25) is 0 Å². The Morgan fingerprint density at radius 2 is 2.06 bits per heavy atom. The summed E-state index contributed by atoms with van der Waals surface area (Å²) in [5.41, 5.74) is 0. The Labute approximate surface area is 104 Å². The van der Waals surface area contributed by atoms with Gasteiger partial charge in [-0.05, 0) is 32.1 Å². The van der Waals surface area contributed by atoms with E-state index < -0.39 is 0 Å². The third-order valence-corrected chi connectivity index (χ3v) is 4.17. The van der Waals surface area contributed by atoms with Crippen molar-refractivity contribution >= 4 is 5.91 Å². The van der Waals surface area contributed by atoms with E-state index in [-0.39, 0.29) is 18.1 Å². The highest BCUT2D eigenvalue weighted by molar-refractivity contribution is 5.76. The molecule has 2 rings (SSSR count). The van der Waals surface area contributed by atoms with Crippen LogP contribution in [0, 0.1) is 5.92 Å². The number of rotatable bonds is 5. The maximum atomic E-state index is 11.8. The van der Waals surface area contributed by atoms with Gasteiger partial charge in [0.1, 0.15) is 0 Å². The van der Waals surface area contributed by atoms with Gasteiger partial charge in [-0.1, -0.05) is 25.7 Å². The Morgan fingerprint density at radius 3 is 2.71 bits per heavy atom. The van der Waals surface area contributed by atoms with Gasteiger partial charge in [0.05, 0.1) is 12.1 Å². The molecule has 0 aromatic rings. The van der Waals surface area contributed by atoms with Crippen molar-refractivity contribution in [2.45, 2.75) is 70.4 Å². The van der Waals surface area contributed by atoms with Crippen molar-refractivity contribution in [1.29, 1.82) is 0 Å². The van der Waals surface area contributed by atoms with Crippen LogP contribution in [0.3, 0.4) is 0 Å². The molecule has 0 aromatic carbocycles. The van der Waals surface area contributed by atoms with Gasteiger partial charge in [0, 0.05) is 13.0 Å². The summed E-state index contributed by atoms with van der Waals surface area (Å²) in [6.45, 7) is 2.91. The van der Waals surface area contributed by atoms with E-state index in [1.54, 1.807) is 0 Å². The lowest BCUT2D eigenvalue weighted by molar-refractivity contribution is -0.122. The summed E-state index contributed by atoms with van der Waals surface area (Å²) in [5.74, 6) is 1.01. The summed E-state index contributed by atoms with van der Waals surface area (Å²) in [6, 6.07) is 0.175. The predicted octanol–water partition coefficient (Wildman–Crippen LogP) is 2.64. The zero-order valence-electron chi connectivity index (χ0n) is 10.9. The molecule has 2 aliphatic rings. The minimum absolute atomic E-state index is 0.175. The van der Waals surface area contributed by atoms with Crippen LogP contribution in [0.1, 0.15) is 58.3 Å². The smallest absolute Gasteiger partial charge is 0.220 e. The third kappa shape index (κ3) is 3.98. The molecule has 1 saturated carbocycles. The Morgan fingerprint density at radius 1 is 1.29 bits per heavy atom. The summed E-state index contributed by atoms with van der Waals surface area (Å²) in [7, 11) is 0. The molecule has 1 aliphatic heterocycles. The van der Waals surface area contributed by atoms with Crippen LogP contribution in [-0.4, -0.2) is 24.7 Å². The van der Waals surface area contributed by atoms with Crippen LogP contribution in [0.25, 0.3) is 0 Å². The second kappa shape index (κ2) is 6.39. The molecule has 2 atom stereocenters. The van der Waals surface area contributed by atoms with Crippen LogP contribution < -0.4 is 5.32 Å². The molecule has 1 saturated heterocycles. The highest BCUT2D eigenvalue weighted by Gasteiger charge is 2.24. The molecule has 0 radical (unpaired) electrons. The minimum atomic E-state index is 0.175. The molecule has 2 unspecified atom stereocenters. The normalized spacial score (nSPS) is 27.2. The Hall–Kier alpha value is -0.570. The van der Waals surface area contributed by atoms with E-state index in [9.17, 15) is 4.79 Å². The number of hydrogen-bond donors (Lipinski definition) is 1. The van der Waals surface area contributed by atoms with Crippen molar-refractivity contribution in [3.8, 4) is 0 Å². The molecule has 1 N–H and O–H groups in total. The summed E-state index contributed by atoms with van der Waals surface area (Å²) in [4.78, 5) is 11.8. The van der Waals surface area contributed by atoms with Gasteiger partial charge < -0.3 is 10.1 Å². The lowest BCUT2D eigenvalue weighted by atomic mass is 10.0. The molecule has 0 aromatic heterocycles. The molecule has 0 spiro atoms. The van der Waals surface area contributed by atoms with Crippen LogP contribution >= 0.6 is 0 Å². The standard InChI is InChI=1S/C14H25NO2/c1-11(13-7-4-10-17-13)15-14(16)9-8-12-5-2-3-6-12/h11-13H,2-10H2,1H3,(H,15,16). The topological polar surface area (TPSA) is 38.3 Å². The summed E-state index contributed by atoms with van der Waals surface area (Å²) >= 11 is 0. The zero-order valence-corrected chi connectivity index (χ0v) is 10.9. The van der Waals surface area contributed by atoms with Gasteiger partial charge in [-0.2, -0.15) is 0 Å². The van der Waals surface area contributed by atoms with E-state index >= 15 is 0 Å². The van der Waals surface area contributed by atoms with Crippen molar-refractivity contribution in [3.05, 3.63) is 0 Å². The monoisotopic (exact) mass is 239 g/mol. The van der Waals surface area contributed by atoms with Gasteiger partial charge in [0.15, 0.2) is 0 Å². The zero-order chi connectivity index (χ0) is 12.1. The summed E-state index contributed by atoms with van der Waals surface area (Å²) in [5, 5.41) is 3.08. The average molecular weight is 239 g/mol. The highest BCUT2D eigenvalue weighted by Crippen LogP contribution is 2.28. The van der Waals surface area contributed by atoms with Crippen molar-refractivity contribution in [2.24, 2.45) is 5.92 Å². The number of carbonyl (C=O) groups excluding carboxylic acids is 1. The molecule has 17 heavy (non-hydrogen) atoms. The van der Waals surface area contributed by atoms with Crippen LogP contribution in [0.5, 0.6) is 0 Å². The van der Waals surface area contributed by atoms with Crippen LogP contribution in [0.4, 0.5) is 0 Å². The van der Waals surface area contributed by atoms with Gasteiger partial charge in [-0.3, -0.25) is 4.79 Å². The van der Waals surface area contributed by atoms with Gasteiger partial charge in [-0.15, -0.1) is 0 Å². The molecule has 1 amide bonds. The average Bonchev–Trinajstić information content (AvgIpc) is 2.99. The molecule has 0 bridgehead atoms. The maximum Gasteiger partial charge on any atom is 0.220 e. The molecular formula is C14H25NO2. The van der Waals surface area contributed by atoms with E-state index in [0.717, 1.165) is 31.8 Å². The highest BCUT2D eigenvalue weighted by atomic mass is 16.5. The van der Waals surface area contributed by atoms with Gasteiger partial charge in [0.2, 0.25) is 5.91 Å². The van der Waals surface area contributed by atoms with Crippen LogP contribution in [0.15, 0.2) is 0 Å². The lowest BCUT2D eigenvalue weighted by Crippen LogP contribution is -2.40. The minimum Gasteiger partial charge on any atom is -0.376 e. The third-order valence-electron chi connectivity index (χ3n) is 4.17. The van der Waals surface area contributed by atoms with Crippen molar-refractivity contribution < 1.29 is 9.53 Å². The van der Waals surface area contributed by atoms with Gasteiger partial charge in [0.25, 0.3) is 0 Å². The van der Waals surface area contributed by atoms with Crippen molar-refractivity contribution in [1.82, 2.24) is 5.32 Å². The number of nitrogens with one attached hydrogen (secondary N) is 1. The van der Waals surface area contributed by atoms with Gasteiger partial charge in [-0.25, -0.2) is 0 Å². The molecular weight excluding hydrogens is 214 g/mol. The van der Waals surface area contributed by atoms with E-state index in [0.29, 0.717) is 6.42 Å². The van der Waals surface area contributed by atoms with E-state index in [1.807, 2.05) is 0 Å². The second-order valence-electron chi connectivity index (χ2n) is 5.60. The largest absolute Gasteiger partial charge is 0.376 e. The van der Waals surface area contributed by atoms with E-state index in [2.05, 4.69) is 12.2 Å². The van der Waals surface area contributed by atoms with Crippen molar-refractivity contribution in [2.75, 3.05) is 6.61 Å². The van der Waals surface area contributed by atoms with E-state index in [1.165, 1.54) is 25.7 Å². The number of carbonyl (C=O) groups is 1. The maximum absolute atomic E-state index is 11.8. The van der Waals surface area contributed by atoms with Crippen LogP contribution in [-0.2, 0) is 9.53 Å². The first-order valence-electron chi connectivity index (χ1n) is 7.16. The SMILES string of the molecule is CC(NC(=O)CCC1CCCC1)C1CCCO1. The first-order chi connectivity index (χ1) is 8.25. The molecule has 1 aliphatic carbocycles. The Kier molecular flexibility index (Phi) is 4.84. The fourth-order valence-electron chi connectivity index (χ4n) is 3.05. The molecule has 2 fully saturated rings. The first kappa shape index (κ1) is 12.9. The molecule has 1 heterocycles. The number of amides is 1. The Bertz CT molecular complexity index is 243. The van der Waals surface area contributed by atoms with E-state index in [4.69, 9.17) is 4.74 Å². The quantitative estimate of drug-likeness (QED) is 0.801. The molecule has 3 heteroatoms. The first-order valence-corrected chi connectivity index (χ1v) is 7.16. The molecule has 3 nitrogen and oxygen atoms in total. The number of ether oxygens (including phenoxy) is 1. The molecule has 98 valence electrons. The lowest BCUT2D eigenvalue weighted by Gasteiger charge is -2.20. The van der Waals surface area contributed by atoms with Crippen molar-refractivity contribution in [3.63, 3.8) is 0 Å². The predicted molar refractivity (Wildman–Crippen MR) is 67.8 cm³/mol. The Balaban J connectivity index is 1.62. The summed E-state index contributed by atoms with van der Waals surface area (Å²) < 4.78 is 5.58. The van der Waals surface area contributed by atoms with Gasteiger partial charge >= 0.3 is 0 Å². The summed E-state index contributed by atoms with van der Waals surface area (Å²) in [6.07, 6.45) is 9.61. The second-order valence-corrected chi connectivity index (χ2v) is 5.60. The fraction of sp³-hybridized carbons (Fsp3) is 0.929. The fourth-order valence-corrected chi connectivity index (χ4v) is 3.05. The number of hydrogen-bond acceptors (Lipinski definition) is 2.